The van der Waals surface area contributed by atoms with Gasteiger partial charge < -0.3 is 9.94 Å². The Labute approximate surface area is 109 Å². The quantitative estimate of drug-likeness (QED) is 0.404. The van der Waals surface area contributed by atoms with Crippen molar-refractivity contribution in [1.29, 1.82) is 0 Å². The largest absolute Gasteiger partial charge is 0.455 e. The van der Waals surface area contributed by atoms with Gasteiger partial charge in [-0.15, -0.1) is 0 Å². The minimum atomic E-state index is 0.595. The summed E-state index contributed by atoms with van der Waals surface area (Å²) < 4.78 is 5.82. The first-order valence-electron chi connectivity index (χ1n) is 5.56. The van der Waals surface area contributed by atoms with Gasteiger partial charge in [0.25, 0.3) is 0 Å². The van der Waals surface area contributed by atoms with E-state index in [1.807, 2.05) is 42.5 Å². The number of rotatable bonds is 1. The molecule has 0 atom stereocenters. The monoisotopic (exact) mass is 257 g/mol. The first-order valence-corrected chi connectivity index (χ1v) is 6.37. The molecule has 1 N–H and O–H groups in total. The zero-order chi connectivity index (χ0) is 12.5. The highest BCUT2D eigenvalue weighted by Crippen LogP contribution is 2.46. The summed E-state index contributed by atoms with van der Waals surface area (Å²) in [6, 6.07) is 13.7. The molecule has 0 unspecified atom stereocenters. The summed E-state index contributed by atoms with van der Waals surface area (Å²) in [4.78, 5) is 2.13. The van der Waals surface area contributed by atoms with Crippen LogP contribution in [0.25, 0.3) is 0 Å². The molecule has 3 rings (SSSR count). The van der Waals surface area contributed by atoms with Crippen molar-refractivity contribution in [2.24, 2.45) is 5.16 Å². The van der Waals surface area contributed by atoms with Crippen molar-refractivity contribution in [2.75, 3.05) is 0 Å². The van der Waals surface area contributed by atoms with Crippen LogP contribution < -0.4 is 4.74 Å². The lowest BCUT2D eigenvalue weighted by Gasteiger charge is -2.19. The van der Waals surface area contributed by atoms with Gasteiger partial charge in [0.1, 0.15) is 11.5 Å². The number of fused-ring (bicyclic) bond motifs is 2. The predicted molar refractivity (Wildman–Crippen MR) is 71.1 cm³/mol. The van der Waals surface area contributed by atoms with Gasteiger partial charge in [0, 0.05) is 5.56 Å². The average Bonchev–Trinajstić information content (AvgIpc) is 2.43. The Morgan fingerprint density at radius 1 is 1.11 bits per heavy atom. The lowest BCUT2D eigenvalue weighted by molar-refractivity contribution is 0.319. The Balaban J connectivity index is 2.03. The zero-order valence-corrected chi connectivity index (χ0v) is 10.6. The topological polar surface area (TPSA) is 41.8 Å². The molecule has 1 aliphatic rings. The maximum absolute atomic E-state index is 8.80. The number of oxime groups is 1. The van der Waals surface area contributed by atoms with Crippen LogP contribution >= 0.6 is 11.8 Å². The molecule has 0 saturated carbocycles. The van der Waals surface area contributed by atoms with E-state index in [0.717, 1.165) is 26.9 Å². The molecule has 18 heavy (non-hydrogen) atoms. The van der Waals surface area contributed by atoms with Crippen LogP contribution in [0.15, 0.2) is 57.4 Å². The predicted octanol–water partition coefficient (Wildman–Crippen LogP) is 4.14. The van der Waals surface area contributed by atoms with Crippen LogP contribution in [0.5, 0.6) is 11.5 Å². The minimum Gasteiger partial charge on any atom is -0.455 e. The Hall–Kier alpha value is -1.94. The van der Waals surface area contributed by atoms with Crippen molar-refractivity contribution in [2.45, 2.75) is 16.7 Å². The number of ether oxygens (including phenoxy) is 1. The summed E-state index contributed by atoms with van der Waals surface area (Å²) in [5.74, 6) is 1.73. The van der Waals surface area contributed by atoms with E-state index >= 15 is 0 Å². The summed E-state index contributed by atoms with van der Waals surface area (Å²) in [5, 5.41) is 12.0. The normalized spacial score (nSPS) is 13.5. The van der Waals surface area contributed by atoms with E-state index in [-0.39, 0.29) is 0 Å². The summed E-state index contributed by atoms with van der Waals surface area (Å²) in [6.07, 6.45) is 0. The molecule has 0 aromatic heterocycles. The molecular formula is C14H11NO2S. The molecule has 4 heteroatoms. The van der Waals surface area contributed by atoms with E-state index in [9.17, 15) is 0 Å². The molecule has 0 fully saturated rings. The lowest BCUT2D eigenvalue weighted by Crippen LogP contribution is -1.99. The lowest BCUT2D eigenvalue weighted by atomic mass is 10.1. The Kier molecular flexibility index (Phi) is 2.72. The second kappa shape index (κ2) is 4.38. The summed E-state index contributed by atoms with van der Waals surface area (Å²) in [5.41, 5.74) is 1.49. The highest BCUT2D eigenvalue weighted by Gasteiger charge is 2.17. The molecule has 1 aliphatic heterocycles. The second-order valence-electron chi connectivity index (χ2n) is 4.00. The standard InChI is InChI=1S/C14H11NO2S/c1-9(15-16)10-6-7-12-14(8-10)18-13-5-3-2-4-11(13)17-12/h2-8,16H,1H3. The van der Waals surface area contributed by atoms with Gasteiger partial charge in [0.2, 0.25) is 0 Å². The van der Waals surface area contributed by atoms with Crippen molar-refractivity contribution in [3.63, 3.8) is 0 Å². The van der Waals surface area contributed by atoms with Crippen LogP contribution in [0.1, 0.15) is 12.5 Å². The minimum absolute atomic E-state index is 0.595. The van der Waals surface area contributed by atoms with Crippen molar-refractivity contribution in [3.8, 4) is 11.5 Å². The first kappa shape index (κ1) is 11.2. The van der Waals surface area contributed by atoms with Crippen LogP contribution in [0, 0.1) is 0 Å². The fraction of sp³-hybridized carbons (Fsp3) is 0.0714. The summed E-state index contributed by atoms with van der Waals surface area (Å²) >= 11 is 1.66. The molecule has 0 saturated heterocycles. The van der Waals surface area contributed by atoms with Gasteiger partial charge in [-0.05, 0) is 37.3 Å². The first-order chi connectivity index (χ1) is 8.78. The highest BCUT2D eigenvalue weighted by molar-refractivity contribution is 7.99. The van der Waals surface area contributed by atoms with Crippen LogP contribution in [-0.2, 0) is 0 Å². The third kappa shape index (κ3) is 1.84. The van der Waals surface area contributed by atoms with Gasteiger partial charge in [-0.2, -0.15) is 0 Å². The SMILES string of the molecule is CC(=NO)c1ccc2c(c1)Sc1ccccc1O2. The van der Waals surface area contributed by atoms with Gasteiger partial charge >= 0.3 is 0 Å². The fourth-order valence-electron chi connectivity index (χ4n) is 1.81. The Bertz CT molecular complexity index is 637. The highest BCUT2D eigenvalue weighted by atomic mass is 32.2. The van der Waals surface area contributed by atoms with Gasteiger partial charge in [0.15, 0.2) is 0 Å². The summed E-state index contributed by atoms with van der Waals surface area (Å²) in [6.45, 7) is 1.77. The molecule has 0 spiro atoms. The van der Waals surface area contributed by atoms with Crippen molar-refractivity contribution in [3.05, 3.63) is 48.0 Å². The third-order valence-electron chi connectivity index (χ3n) is 2.80. The van der Waals surface area contributed by atoms with Crippen LogP contribution in [-0.4, -0.2) is 10.9 Å². The maximum Gasteiger partial charge on any atom is 0.141 e. The van der Waals surface area contributed by atoms with Crippen molar-refractivity contribution >= 4 is 17.5 Å². The van der Waals surface area contributed by atoms with Gasteiger partial charge in [-0.25, -0.2) is 0 Å². The van der Waals surface area contributed by atoms with Crippen LogP contribution in [0.4, 0.5) is 0 Å². The number of hydrogen-bond acceptors (Lipinski definition) is 4. The zero-order valence-electron chi connectivity index (χ0n) is 9.75. The van der Waals surface area contributed by atoms with Crippen LogP contribution in [0.2, 0.25) is 0 Å². The van der Waals surface area contributed by atoms with Crippen molar-refractivity contribution in [1.82, 2.24) is 0 Å². The molecule has 3 nitrogen and oxygen atoms in total. The number of nitrogens with zero attached hydrogens (tertiary/aromatic N) is 1. The van der Waals surface area contributed by atoms with Gasteiger partial charge in [0.05, 0.1) is 15.5 Å². The van der Waals surface area contributed by atoms with Gasteiger partial charge in [-0.3, -0.25) is 0 Å². The molecule has 2 aromatic carbocycles. The fourth-order valence-corrected chi connectivity index (χ4v) is 2.80. The maximum atomic E-state index is 8.80. The molecule has 90 valence electrons. The van der Waals surface area contributed by atoms with E-state index in [1.54, 1.807) is 18.7 Å². The molecule has 0 bridgehead atoms. The molecule has 0 aliphatic carbocycles. The van der Waals surface area contributed by atoms with Crippen molar-refractivity contribution < 1.29 is 9.94 Å². The van der Waals surface area contributed by atoms with E-state index in [0.29, 0.717) is 5.71 Å². The number of hydrogen-bond donors (Lipinski definition) is 1. The molecule has 0 radical (unpaired) electrons. The average molecular weight is 257 g/mol. The third-order valence-corrected chi connectivity index (χ3v) is 3.90. The molecule has 0 amide bonds. The molecular weight excluding hydrogens is 246 g/mol. The smallest absolute Gasteiger partial charge is 0.141 e. The summed E-state index contributed by atoms with van der Waals surface area (Å²) in [7, 11) is 0. The van der Waals surface area contributed by atoms with E-state index in [4.69, 9.17) is 9.94 Å². The van der Waals surface area contributed by atoms with Gasteiger partial charge in [-0.1, -0.05) is 29.1 Å². The van der Waals surface area contributed by atoms with Crippen LogP contribution in [0.3, 0.4) is 0 Å². The second-order valence-corrected chi connectivity index (χ2v) is 5.08. The Morgan fingerprint density at radius 3 is 2.72 bits per heavy atom. The number of benzene rings is 2. The number of para-hydroxylation sites is 1. The van der Waals surface area contributed by atoms with E-state index < -0.39 is 0 Å². The Morgan fingerprint density at radius 2 is 1.89 bits per heavy atom. The molecule has 2 aromatic rings. The molecule has 1 heterocycles. The van der Waals surface area contributed by atoms with E-state index in [2.05, 4.69) is 5.16 Å². The van der Waals surface area contributed by atoms with E-state index in [1.165, 1.54) is 0 Å².